The van der Waals surface area contributed by atoms with E-state index in [2.05, 4.69) is 29.6 Å². The highest BCUT2D eigenvalue weighted by Crippen LogP contribution is 2.26. The molecule has 27 heavy (non-hydrogen) atoms. The van der Waals surface area contributed by atoms with E-state index in [1.54, 1.807) is 4.90 Å². The number of nitrogens with one attached hydrogen (secondary N) is 1. The molecule has 4 rings (SSSR count). The van der Waals surface area contributed by atoms with Gasteiger partial charge in [-0.25, -0.2) is 4.79 Å². The van der Waals surface area contributed by atoms with E-state index in [-0.39, 0.29) is 18.5 Å². The van der Waals surface area contributed by atoms with Crippen molar-refractivity contribution in [1.29, 1.82) is 0 Å². The van der Waals surface area contributed by atoms with Crippen molar-refractivity contribution in [2.24, 2.45) is 0 Å². The maximum absolute atomic E-state index is 12.4. The summed E-state index contributed by atoms with van der Waals surface area (Å²) >= 11 is 0. The number of carbonyl (C=O) groups is 1. The molecule has 0 radical (unpaired) electrons. The van der Waals surface area contributed by atoms with Crippen molar-refractivity contribution in [1.82, 2.24) is 10.2 Å². The molecule has 4 nitrogen and oxygen atoms in total. The smallest absolute Gasteiger partial charge is 0.410 e. The lowest BCUT2D eigenvalue weighted by Gasteiger charge is -2.29. The molecule has 0 bridgehead atoms. The molecule has 0 atom stereocenters. The van der Waals surface area contributed by atoms with Crippen LogP contribution in [0.2, 0.25) is 0 Å². The van der Waals surface area contributed by atoms with Crippen LogP contribution in [0.25, 0.3) is 5.57 Å². The van der Waals surface area contributed by atoms with Crippen LogP contribution in [-0.2, 0) is 24.3 Å². The van der Waals surface area contributed by atoms with Gasteiger partial charge in [-0.3, -0.25) is 0 Å². The van der Waals surface area contributed by atoms with Gasteiger partial charge in [0, 0.05) is 19.6 Å². The first-order valence-electron chi connectivity index (χ1n) is 9.27. The van der Waals surface area contributed by atoms with Gasteiger partial charge in [-0.2, -0.15) is 0 Å². The zero-order valence-electron chi connectivity index (χ0n) is 15.3. The first-order chi connectivity index (χ1) is 12.8. The maximum Gasteiger partial charge on any atom is 0.410 e. The predicted molar refractivity (Wildman–Crippen MR) is 110 cm³/mol. The van der Waals surface area contributed by atoms with Crippen molar-refractivity contribution in [2.75, 3.05) is 19.6 Å². The third-order valence-corrected chi connectivity index (χ3v) is 5.12. The standard InChI is InChI=1S/C22H24N2O2.ClH/c25-22(26-16-17-4-2-1-3-5-17)24-13-10-20-14-19(6-7-21(20)15-24)18-8-11-23-12-9-18;/h1-8,14,23H,9-13,15-16H2;1H. The van der Waals surface area contributed by atoms with E-state index in [0.717, 1.165) is 31.5 Å². The number of carbonyl (C=O) groups excluding carboxylic acids is 1. The van der Waals surface area contributed by atoms with E-state index in [0.29, 0.717) is 19.7 Å². The number of benzene rings is 2. The summed E-state index contributed by atoms with van der Waals surface area (Å²) in [5.74, 6) is 0. The molecule has 2 heterocycles. The fourth-order valence-corrected chi connectivity index (χ4v) is 3.60. The molecule has 1 amide bonds. The first-order valence-corrected chi connectivity index (χ1v) is 9.27. The third-order valence-electron chi connectivity index (χ3n) is 5.12. The fraction of sp³-hybridized carbons (Fsp3) is 0.318. The minimum absolute atomic E-state index is 0. The maximum atomic E-state index is 12.4. The van der Waals surface area contributed by atoms with Crippen molar-refractivity contribution >= 4 is 24.1 Å². The second kappa shape index (κ2) is 9.07. The topological polar surface area (TPSA) is 41.6 Å². The van der Waals surface area contributed by atoms with E-state index in [1.807, 2.05) is 30.3 Å². The summed E-state index contributed by atoms with van der Waals surface area (Å²) in [5, 5.41) is 3.35. The average Bonchev–Trinajstić information content (AvgIpc) is 2.72. The van der Waals surface area contributed by atoms with E-state index in [9.17, 15) is 4.79 Å². The Kier molecular flexibility index (Phi) is 6.54. The van der Waals surface area contributed by atoms with Crippen molar-refractivity contribution < 1.29 is 9.53 Å². The lowest BCUT2D eigenvalue weighted by Crippen LogP contribution is -2.36. The SMILES string of the molecule is Cl.O=C(OCc1ccccc1)N1CCc2cc(C3=CCNCC3)ccc2C1. The van der Waals surface area contributed by atoms with Crippen molar-refractivity contribution in [3.05, 3.63) is 76.9 Å². The second-order valence-electron chi connectivity index (χ2n) is 6.88. The van der Waals surface area contributed by atoms with Gasteiger partial charge in [0.2, 0.25) is 0 Å². The quantitative estimate of drug-likeness (QED) is 0.863. The molecule has 1 N–H and O–H groups in total. The highest BCUT2D eigenvalue weighted by molar-refractivity contribution is 5.85. The Balaban J connectivity index is 0.00000210. The van der Waals surface area contributed by atoms with E-state index in [1.165, 1.54) is 22.3 Å². The van der Waals surface area contributed by atoms with Gasteiger partial charge in [-0.05, 0) is 47.2 Å². The summed E-state index contributed by atoms with van der Waals surface area (Å²) in [7, 11) is 0. The molecule has 0 aliphatic carbocycles. The largest absolute Gasteiger partial charge is 0.445 e. The number of amides is 1. The number of hydrogen-bond donors (Lipinski definition) is 1. The summed E-state index contributed by atoms with van der Waals surface area (Å²) in [6.45, 7) is 3.66. The molecule has 0 saturated carbocycles. The zero-order valence-corrected chi connectivity index (χ0v) is 16.1. The Morgan fingerprint density at radius 2 is 1.93 bits per heavy atom. The van der Waals surface area contributed by atoms with Crippen LogP contribution >= 0.6 is 12.4 Å². The minimum atomic E-state index is -0.232. The molecule has 2 aromatic carbocycles. The van der Waals surface area contributed by atoms with Gasteiger partial charge in [0.25, 0.3) is 0 Å². The molecule has 0 unspecified atom stereocenters. The predicted octanol–water partition coefficient (Wildman–Crippen LogP) is 4.18. The second-order valence-corrected chi connectivity index (χ2v) is 6.88. The normalized spacial score (nSPS) is 16.0. The van der Waals surface area contributed by atoms with Crippen LogP contribution < -0.4 is 5.32 Å². The van der Waals surface area contributed by atoms with Gasteiger partial charge in [-0.15, -0.1) is 12.4 Å². The molecule has 2 aromatic rings. The lowest BCUT2D eigenvalue weighted by molar-refractivity contribution is 0.0918. The van der Waals surface area contributed by atoms with Crippen LogP contribution in [0.4, 0.5) is 4.79 Å². The highest BCUT2D eigenvalue weighted by atomic mass is 35.5. The van der Waals surface area contributed by atoms with Gasteiger partial charge in [0.1, 0.15) is 6.61 Å². The average molecular weight is 385 g/mol. The van der Waals surface area contributed by atoms with Gasteiger partial charge < -0.3 is 15.0 Å². The van der Waals surface area contributed by atoms with Crippen LogP contribution in [0.1, 0.15) is 28.7 Å². The van der Waals surface area contributed by atoms with Gasteiger partial charge >= 0.3 is 6.09 Å². The Bertz CT molecular complexity index is 820. The summed E-state index contributed by atoms with van der Waals surface area (Å²) in [5.41, 5.74) is 6.35. The Morgan fingerprint density at radius 1 is 1.07 bits per heavy atom. The minimum Gasteiger partial charge on any atom is -0.445 e. The monoisotopic (exact) mass is 384 g/mol. The lowest BCUT2D eigenvalue weighted by atomic mass is 9.93. The van der Waals surface area contributed by atoms with Crippen molar-refractivity contribution in [2.45, 2.75) is 26.0 Å². The molecule has 0 fully saturated rings. The van der Waals surface area contributed by atoms with E-state index < -0.39 is 0 Å². The van der Waals surface area contributed by atoms with Crippen LogP contribution in [0.5, 0.6) is 0 Å². The number of nitrogens with zero attached hydrogens (tertiary/aromatic N) is 1. The summed E-state index contributed by atoms with van der Waals surface area (Å²) in [6, 6.07) is 16.5. The highest BCUT2D eigenvalue weighted by Gasteiger charge is 2.22. The molecule has 2 aliphatic heterocycles. The van der Waals surface area contributed by atoms with Gasteiger partial charge in [0.15, 0.2) is 0 Å². The first kappa shape index (κ1) is 19.5. The number of halogens is 1. The molecule has 142 valence electrons. The molecular weight excluding hydrogens is 360 g/mol. The van der Waals surface area contributed by atoms with Crippen LogP contribution in [0.3, 0.4) is 0 Å². The van der Waals surface area contributed by atoms with Crippen LogP contribution in [0.15, 0.2) is 54.6 Å². The van der Waals surface area contributed by atoms with E-state index >= 15 is 0 Å². The zero-order chi connectivity index (χ0) is 17.8. The Labute approximate surface area is 166 Å². The van der Waals surface area contributed by atoms with E-state index in [4.69, 9.17) is 4.74 Å². The van der Waals surface area contributed by atoms with Gasteiger partial charge in [0.05, 0.1) is 0 Å². The summed E-state index contributed by atoms with van der Waals surface area (Å²) in [6.07, 6.45) is 4.01. The molecule has 0 saturated heterocycles. The molecule has 0 spiro atoms. The summed E-state index contributed by atoms with van der Waals surface area (Å²) < 4.78 is 5.47. The number of rotatable bonds is 3. The Morgan fingerprint density at radius 3 is 2.70 bits per heavy atom. The van der Waals surface area contributed by atoms with Crippen LogP contribution in [0, 0.1) is 0 Å². The van der Waals surface area contributed by atoms with Crippen molar-refractivity contribution in [3.8, 4) is 0 Å². The molecule has 0 aromatic heterocycles. The number of hydrogen-bond acceptors (Lipinski definition) is 3. The van der Waals surface area contributed by atoms with Gasteiger partial charge in [-0.1, -0.05) is 54.6 Å². The molecule has 5 heteroatoms. The van der Waals surface area contributed by atoms with Crippen molar-refractivity contribution in [3.63, 3.8) is 0 Å². The molecular formula is C22H25ClN2O2. The number of fused-ring (bicyclic) bond motifs is 1. The third kappa shape index (κ3) is 4.71. The summed E-state index contributed by atoms with van der Waals surface area (Å²) in [4.78, 5) is 14.2. The Hall–Kier alpha value is -2.30. The molecule has 2 aliphatic rings. The number of ether oxygens (including phenoxy) is 1. The fourth-order valence-electron chi connectivity index (χ4n) is 3.60. The van der Waals surface area contributed by atoms with Crippen LogP contribution in [-0.4, -0.2) is 30.6 Å².